The smallest absolute Gasteiger partial charge is 1.00 e. The summed E-state index contributed by atoms with van der Waals surface area (Å²) in [5, 5.41) is 0. The molecule has 3 fully saturated rings. The maximum atomic E-state index is 11.8. The summed E-state index contributed by atoms with van der Waals surface area (Å²) in [5.41, 5.74) is 0.834. The number of halogens is 1. The summed E-state index contributed by atoms with van der Waals surface area (Å²) in [5.74, 6) is 4.67. The molecular weight excluding hydrogens is 432 g/mol. The fourth-order valence-electron chi connectivity index (χ4n) is 7.30. The first kappa shape index (κ1) is 29.7. The normalized spacial score (nSPS) is 41.8. The first-order valence-electron chi connectivity index (χ1n) is 11.7. The monoisotopic (exact) mass is 476 g/mol. The molecule has 0 spiro atoms. The van der Waals surface area contributed by atoms with Crippen molar-refractivity contribution >= 4 is 29.3 Å². The summed E-state index contributed by atoms with van der Waals surface area (Å²) < 4.78 is 0. The van der Waals surface area contributed by atoms with Crippen molar-refractivity contribution in [3.8, 4) is 0 Å². The molecule has 0 aromatic carbocycles. The zero-order valence-electron chi connectivity index (χ0n) is 19.9. The third kappa shape index (κ3) is 5.72. The molecule has 0 aromatic rings. The van der Waals surface area contributed by atoms with Crippen molar-refractivity contribution in [2.75, 3.05) is 0 Å². The molecule has 0 saturated heterocycles. The fraction of sp³-hybridized carbons (Fsp3) is 0.885. The molecule has 3 saturated carbocycles. The molecule has 164 valence electrons. The molecule has 0 N–H and O–H groups in total. The Bertz CT molecular complexity index is 497. The first-order valence-corrected chi connectivity index (χ1v) is 11.7. The van der Waals surface area contributed by atoms with Crippen molar-refractivity contribution in [1.82, 2.24) is 0 Å². The number of hydrogen-bond donors (Lipinski definition) is 0. The minimum absolute atomic E-state index is 0. The van der Waals surface area contributed by atoms with E-state index in [0.717, 1.165) is 36.0 Å². The van der Waals surface area contributed by atoms with E-state index in [1.165, 1.54) is 64.1 Å². The third-order valence-corrected chi connectivity index (χ3v) is 9.69. The van der Waals surface area contributed by atoms with Crippen molar-refractivity contribution < 1.29 is 21.8 Å². The molecule has 3 aliphatic rings. The standard InChI is InChI=1S/C24H42O.C2H3.BrH.Mg/c1-6-17(2)12-14-23(4)18(3)10-11-20-21-9-7-8-19(16-25)24(21,5)15-13-22(20)23;1-2;;/h16-22H,6-15H2,1-5H3;1H,2H2;1H;/q;-1;;+2/p-1. The summed E-state index contributed by atoms with van der Waals surface area (Å²) in [6.07, 6.45) is 14.8. The molecule has 8 atom stereocenters. The van der Waals surface area contributed by atoms with Crippen LogP contribution in [0.2, 0.25) is 0 Å². The van der Waals surface area contributed by atoms with Gasteiger partial charge in [-0.25, -0.2) is 0 Å². The van der Waals surface area contributed by atoms with Crippen molar-refractivity contribution in [1.29, 1.82) is 0 Å². The Balaban J connectivity index is 0.00000190. The van der Waals surface area contributed by atoms with E-state index in [1.54, 1.807) is 0 Å². The van der Waals surface area contributed by atoms with Crippen LogP contribution in [0.5, 0.6) is 0 Å². The van der Waals surface area contributed by atoms with Crippen LogP contribution in [0.3, 0.4) is 0 Å². The predicted octanol–water partition coefficient (Wildman–Crippen LogP) is 4.13. The molecule has 0 bridgehead atoms. The summed E-state index contributed by atoms with van der Waals surface area (Å²) in [4.78, 5) is 11.8. The van der Waals surface area contributed by atoms with Gasteiger partial charge in [-0.1, -0.05) is 53.9 Å². The molecule has 1 nitrogen and oxygen atoms in total. The van der Waals surface area contributed by atoms with E-state index in [1.807, 2.05) is 0 Å². The molecule has 3 aliphatic carbocycles. The fourth-order valence-corrected chi connectivity index (χ4v) is 7.30. The van der Waals surface area contributed by atoms with Gasteiger partial charge in [-0.3, -0.25) is 6.58 Å². The molecule has 0 heterocycles. The van der Waals surface area contributed by atoms with Crippen molar-refractivity contribution in [2.45, 2.75) is 98.8 Å². The average Bonchev–Trinajstić information content (AvgIpc) is 2.69. The van der Waals surface area contributed by atoms with Gasteiger partial charge in [0.25, 0.3) is 0 Å². The van der Waals surface area contributed by atoms with Gasteiger partial charge in [-0.05, 0) is 85.4 Å². The van der Waals surface area contributed by atoms with Crippen molar-refractivity contribution in [3.63, 3.8) is 0 Å². The Morgan fingerprint density at radius 2 is 1.76 bits per heavy atom. The minimum atomic E-state index is 0. The number of carbonyl (C=O) groups excluding carboxylic acids is 1. The first-order chi connectivity index (χ1) is 12.9. The van der Waals surface area contributed by atoms with Crippen LogP contribution in [-0.2, 0) is 4.79 Å². The van der Waals surface area contributed by atoms with Crippen LogP contribution in [0.1, 0.15) is 98.8 Å². The quantitative estimate of drug-likeness (QED) is 0.331. The van der Waals surface area contributed by atoms with Gasteiger partial charge < -0.3 is 28.4 Å². The van der Waals surface area contributed by atoms with Crippen LogP contribution < -0.4 is 17.0 Å². The molecule has 3 heteroatoms. The second kappa shape index (κ2) is 12.6. The summed E-state index contributed by atoms with van der Waals surface area (Å²) >= 11 is 0. The van der Waals surface area contributed by atoms with E-state index in [4.69, 9.17) is 0 Å². The van der Waals surface area contributed by atoms with Crippen LogP contribution >= 0.6 is 0 Å². The zero-order valence-corrected chi connectivity index (χ0v) is 22.9. The van der Waals surface area contributed by atoms with Crippen molar-refractivity contribution in [2.24, 2.45) is 46.3 Å². The van der Waals surface area contributed by atoms with E-state index in [9.17, 15) is 4.79 Å². The maximum Gasteiger partial charge on any atom is 2.00 e. The summed E-state index contributed by atoms with van der Waals surface area (Å²) in [7, 11) is 0. The van der Waals surface area contributed by atoms with Gasteiger partial charge in [0.05, 0.1) is 0 Å². The molecule has 8 unspecified atom stereocenters. The van der Waals surface area contributed by atoms with E-state index in [0.29, 0.717) is 16.7 Å². The van der Waals surface area contributed by atoms with Crippen molar-refractivity contribution in [3.05, 3.63) is 13.2 Å². The Labute approximate surface area is 208 Å². The second-order valence-corrected chi connectivity index (χ2v) is 10.6. The zero-order chi connectivity index (χ0) is 20.2. The number of hydrogen-bond acceptors (Lipinski definition) is 1. The van der Waals surface area contributed by atoms with Gasteiger partial charge in [-0.2, -0.15) is 0 Å². The average molecular weight is 478 g/mol. The SMILES string of the molecule is CCC(C)CCC1(C)C(C)CCC2C1CCC1(C)C(C=O)CCCC21.[Br-].[CH-]=C.[Mg+2]. The third-order valence-electron chi connectivity index (χ3n) is 9.69. The maximum absolute atomic E-state index is 11.8. The Hall–Kier alpha value is 0.656. The molecule has 0 aliphatic heterocycles. The molecular formula is C26H45BrMgO. The predicted molar refractivity (Wildman–Crippen MR) is 122 cm³/mol. The molecule has 0 amide bonds. The van der Waals surface area contributed by atoms with E-state index >= 15 is 0 Å². The van der Waals surface area contributed by atoms with Gasteiger partial charge in [-0.15, -0.1) is 0 Å². The van der Waals surface area contributed by atoms with Gasteiger partial charge in [0.15, 0.2) is 0 Å². The van der Waals surface area contributed by atoms with E-state index in [-0.39, 0.29) is 40.0 Å². The topological polar surface area (TPSA) is 17.1 Å². The Kier molecular flexibility index (Phi) is 12.9. The van der Waals surface area contributed by atoms with E-state index in [2.05, 4.69) is 47.8 Å². The second-order valence-electron chi connectivity index (χ2n) is 10.6. The number of aldehydes is 1. The van der Waals surface area contributed by atoms with Gasteiger partial charge in [0.1, 0.15) is 6.29 Å². The van der Waals surface area contributed by atoms with E-state index < -0.39 is 0 Å². The molecule has 0 aromatic heterocycles. The van der Waals surface area contributed by atoms with Gasteiger partial charge in [0, 0.05) is 5.92 Å². The van der Waals surface area contributed by atoms with Crippen LogP contribution in [-0.4, -0.2) is 29.3 Å². The minimum Gasteiger partial charge on any atom is -1.00 e. The number of rotatable bonds is 5. The summed E-state index contributed by atoms with van der Waals surface area (Å²) in [6.45, 7) is 19.4. The summed E-state index contributed by atoms with van der Waals surface area (Å²) in [6, 6.07) is 0. The Morgan fingerprint density at radius 3 is 2.34 bits per heavy atom. The van der Waals surface area contributed by atoms with Crippen LogP contribution in [0.25, 0.3) is 0 Å². The van der Waals surface area contributed by atoms with Crippen LogP contribution in [0.15, 0.2) is 6.58 Å². The van der Waals surface area contributed by atoms with Gasteiger partial charge >= 0.3 is 23.1 Å². The molecule has 29 heavy (non-hydrogen) atoms. The van der Waals surface area contributed by atoms with Gasteiger partial charge in [0.2, 0.25) is 0 Å². The van der Waals surface area contributed by atoms with Crippen LogP contribution in [0.4, 0.5) is 0 Å². The molecule has 3 rings (SSSR count). The number of fused-ring (bicyclic) bond motifs is 3. The number of carbonyl (C=O) groups is 1. The Morgan fingerprint density at radius 1 is 1.10 bits per heavy atom. The largest absolute Gasteiger partial charge is 2.00 e. The molecule has 0 radical (unpaired) electrons. The van der Waals surface area contributed by atoms with Crippen LogP contribution in [0, 0.1) is 52.9 Å².